The summed E-state index contributed by atoms with van der Waals surface area (Å²) in [7, 11) is 0. The van der Waals surface area contributed by atoms with E-state index in [1.54, 1.807) is 35.7 Å². The Bertz CT molecular complexity index is 1550. The Morgan fingerprint density at radius 1 is 1.05 bits per heavy atom. The van der Waals surface area contributed by atoms with E-state index in [0.717, 1.165) is 27.3 Å². The average molecular weight is 526 g/mol. The maximum Gasteiger partial charge on any atom is 0.490 e. The third-order valence-electron chi connectivity index (χ3n) is 4.91. The number of nitrogens with one attached hydrogen (secondary N) is 1. The molecule has 0 aliphatic rings. The fourth-order valence-electron chi connectivity index (χ4n) is 3.11. The number of hydrogen-bond acceptors (Lipinski definition) is 7. The number of carbonyl (C=O) groups excluding carboxylic acids is 1. The molecule has 0 unspecified atom stereocenters. The molecule has 5 aromatic rings. The summed E-state index contributed by atoms with van der Waals surface area (Å²) in [5.41, 5.74) is 5.03. The molecule has 0 aliphatic heterocycles. The summed E-state index contributed by atoms with van der Waals surface area (Å²) >= 11 is 1.54. The molecule has 0 fully saturated rings. The Morgan fingerprint density at radius 3 is 2.43 bits per heavy atom. The van der Waals surface area contributed by atoms with E-state index in [2.05, 4.69) is 15.5 Å². The molecule has 188 valence electrons. The van der Waals surface area contributed by atoms with Crippen LogP contribution >= 0.6 is 11.3 Å². The van der Waals surface area contributed by atoms with E-state index in [0.29, 0.717) is 22.5 Å². The van der Waals surface area contributed by atoms with Gasteiger partial charge in [-0.25, -0.2) is 9.78 Å². The zero-order valence-electron chi connectivity index (χ0n) is 19.0. The van der Waals surface area contributed by atoms with Gasteiger partial charge in [-0.2, -0.15) is 13.2 Å². The third-order valence-corrected chi connectivity index (χ3v) is 5.80. The predicted octanol–water partition coefficient (Wildman–Crippen LogP) is 6.21. The van der Waals surface area contributed by atoms with Crippen molar-refractivity contribution in [1.82, 2.24) is 15.1 Å². The van der Waals surface area contributed by atoms with Crippen molar-refractivity contribution in [3.05, 3.63) is 83.5 Å². The van der Waals surface area contributed by atoms with Crippen molar-refractivity contribution in [2.45, 2.75) is 13.1 Å². The van der Waals surface area contributed by atoms with Gasteiger partial charge in [-0.3, -0.25) is 9.78 Å². The monoisotopic (exact) mass is 526 g/mol. The predicted molar refractivity (Wildman–Crippen MR) is 131 cm³/mol. The number of carboxylic acid groups (broad SMARTS) is 1. The van der Waals surface area contributed by atoms with Crippen molar-refractivity contribution in [1.29, 1.82) is 0 Å². The molecule has 0 saturated heterocycles. The second-order valence-electron chi connectivity index (χ2n) is 7.59. The number of nitrogens with zero attached hydrogens (tertiary/aromatic N) is 3. The van der Waals surface area contributed by atoms with Crippen LogP contribution in [0.2, 0.25) is 0 Å². The number of benzene rings is 2. The minimum absolute atomic E-state index is 0.224. The highest BCUT2D eigenvalue weighted by Crippen LogP contribution is 2.33. The Morgan fingerprint density at radius 2 is 1.78 bits per heavy atom. The molecule has 2 aromatic carbocycles. The van der Waals surface area contributed by atoms with Crippen LogP contribution in [0, 0.1) is 6.92 Å². The first-order chi connectivity index (χ1) is 17.6. The van der Waals surface area contributed by atoms with Crippen LogP contribution in [-0.4, -0.2) is 38.3 Å². The van der Waals surface area contributed by atoms with Gasteiger partial charge in [0.05, 0.1) is 17.3 Å². The molecule has 12 heteroatoms. The minimum Gasteiger partial charge on any atom is -0.475 e. The van der Waals surface area contributed by atoms with E-state index in [9.17, 15) is 18.0 Å². The molecule has 0 bridgehead atoms. The van der Waals surface area contributed by atoms with Crippen LogP contribution < -0.4 is 5.32 Å². The van der Waals surface area contributed by atoms with E-state index in [1.807, 2.05) is 54.8 Å². The Labute approximate surface area is 211 Å². The Balaban J connectivity index is 0.000000405. The molecule has 8 nitrogen and oxygen atoms in total. The van der Waals surface area contributed by atoms with E-state index < -0.39 is 12.1 Å². The van der Waals surface area contributed by atoms with Crippen LogP contribution in [0.5, 0.6) is 0 Å². The summed E-state index contributed by atoms with van der Waals surface area (Å²) in [4.78, 5) is 30.5. The number of carboxylic acids is 1. The number of alkyl halides is 3. The lowest BCUT2D eigenvalue weighted by Gasteiger charge is -2.05. The molecule has 0 aliphatic carbocycles. The molecule has 3 heterocycles. The molecule has 3 aromatic heterocycles. The van der Waals surface area contributed by atoms with Gasteiger partial charge in [0, 0.05) is 22.2 Å². The zero-order valence-corrected chi connectivity index (χ0v) is 19.8. The van der Waals surface area contributed by atoms with E-state index in [1.165, 1.54) is 0 Å². The number of amides is 1. The van der Waals surface area contributed by atoms with Gasteiger partial charge in [0.2, 0.25) is 0 Å². The quantitative estimate of drug-likeness (QED) is 0.286. The summed E-state index contributed by atoms with van der Waals surface area (Å²) < 4.78 is 37.2. The van der Waals surface area contributed by atoms with Gasteiger partial charge in [-0.05, 0) is 37.3 Å². The summed E-state index contributed by atoms with van der Waals surface area (Å²) in [6, 6.07) is 18.9. The fourth-order valence-corrected chi connectivity index (χ4v) is 3.92. The van der Waals surface area contributed by atoms with Crippen LogP contribution in [0.15, 0.2) is 76.8 Å². The molecule has 1 amide bonds. The molecule has 37 heavy (non-hydrogen) atoms. The number of hydrogen-bond donors (Lipinski definition) is 2. The molecule has 0 spiro atoms. The average Bonchev–Trinajstić information content (AvgIpc) is 3.52. The smallest absolute Gasteiger partial charge is 0.475 e. The van der Waals surface area contributed by atoms with Gasteiger partial charge >= 0.3 is 12.1 Å². The lowest BCUT2D eigenvalue weighted by atomic mass is 10.1. The van der Waals surface area contributed by atoms with Crippen LogP contribution in [0.1, 0.15) is 16.1 Å². The van der Waals surface area contributed by atoms with E-state index >= 15 is 0 Å². The largest absolute Gasteiger partial charge is 0.490 e. The van der Waals surface area contributed by atoms with Gasteiger partial charge in [0.25, 0.3) is 5.91 Å². The van der Waals surface area contributed by atoms with Crippen molar-refractivity contribution in [3.8, 4) is 22.0 Å². The highest BCUT2D eigenvalue weighted by Gasteiger charge is 2.38. The zero-order chi connectivity index (χ0) is 26.6. The number of aromatic nitrogens is 3. The molecular weight excluding hydrogens is 509 g/mol. The SMILES string of the molecule is Cc1ccc(NC(=O)c2ccc3onc(-c4csc(-c5ccccc5)n4)c3c2)cn1.O=C(O)C(F)(F)F. The highest BCUT2D eigenvalue weighted by molar-refractivity contribution is 7.13. The number of aryl methyl sites for hydroxylation is 1. The van der Waals surface area contributed by atoms with Gasteiger partial charge in [-0.15, -0.1) is 11.3 Å². The number of aliphatic carboxylic acids is 1. The highest BCUT2D eigenvalue weighted by atomic mass is 32.1. The number of halogens is 3. The van der Waals surface area contributed by atoms with Gasteiger partial charge in [-0.1, -0.05) is 35.5 Å². The van der Waals surface area contributed by atoms with Crippen LogP contribution in [0.4, 0.5) is 18.9 Å². The first-order valence-corrected chi connectivity index (χ1v) is 11.4. The lowest BCUT2D eigenvalue weighted by Crippen LogP contribution is -2.21. The maximum absolute atomic E-state index is 12.7. The molecule has 2 N–H and O–H groups in total. The minimum atomic E-state index is -5.08. The van der Waals surface area contributed by atoms with Crippen LogP contribution in [-0.2, 0) is 4.79 Å². The second-order valence-corrected chi connectivity index (χ2v) is 8.45. The Hall–Kier alpha value is -4.58. The normalized spacial score (nSPS) is 11.0. The van der Waals surface area contributed by atoms with E-state index in [-0.39, 0.29) is 5.91 Å². The molecule has 0 radical (unpaired) electrons. The number of fused-ring (bicyclic) bond motifs is 1. The first-order valence-electron chi connectivity index (χ1n) is 10.6. The van der Waals surface area contributed by atoms with Crippen molar-refractivity contribution in [2.75, 3.05) is 5.32 Å². The van der Waals surface area contributed by atoms with Gasteiger partial charge in [0.15, 0.2) is 5.58 Å². The standard InChI is InChI=1S/C23H16N4O2S.C2HF3O2/c1-14-7-9-17(12-24-14)25-22(28)16-8-10-20-18(11-16)21(27-29-20)19-13-30-23(26-19)15-5-3-2-4-6-15;3-2(4,5)1(6)7/h2-13H,1H3,(H,25,28);(H,6,7). The van der Waals surface area contributed by atoms with Crippen molar-refractivity contribution < 1.29 is 32.4 Å². The molecule has 0 saturated carbocycles. The molecule has 5 rings (SSSR count). The number of pyridine rings is 1. The summed E-state index contributed by atoms with van der Waals surface area (Å²) in [6.45, 7) is 1.90. The number of anilines is 1. The van der Waals surface area contributed by atoms with Gasteiger partial charge in [0.1, 0.15) is 16.4 Å². The van der Waals surface area contributed by atoms with Crippen molar-refractivity contribution in [2.24, 2.45) is 0 Å². The first kappa shape index (κ1) is 25.5. The summed E-state index contributed by atoms with van der Waals surface area (Å²) in [5, 5.41) is 17.8. The van der Waals surface area contributed by atoms with Crippen molar-refractivity contribution in [3.63, 3.8) is 0 Å². The lowest BCUT2D eigenvalue weighted by molar-refractivity contribution is -0.192. The molecular formula is C25H17F3N4O4S. The maximum atomic E-state index is 12.7. The summed E-state index contributed by atoms with van der Waals surface area (Å²) in [6.07, 6.45) is -3.45. The fraction of sp³-hybridized carbons (Fsp3) is 0.0800. The number of carbonyl (C=O) groups is 2. The number of thiazole rings is 1. The molecule has 0 atom stereocenters. The van der Waals surface area contributed by atoms with Crippen LogP contribution in [0.3, 0.4) is 0 Å². The third kappa shape index (κ3) is 6.16. The topological polar surface area (TPSA) is 118 Å². The Kier molecular flexibility index (Phi) is 7.30. The number of rotatable bonds is 4. The second kappa shape index (κ2) is 10.6. The van der Waals surface area contributed by atoms with E-state index in [4.69, 9.17) is 19.4 Å². The van der Waals surface area contributed by atoms with Gasteiger partial charge < -0.3 is 14.9 Å². The van der Waals surface area contributed by atoms with Crippen molar-refractivity contribution >= 4 is 39.9 Å². The summed E-state index contributed by atoms with van der Waals surface area (Å²) in [5.74, 6) is -2.98. The van der Waals surface area contributed by atoms with Crippen LogP contribution in [0.25, 0.3) is 32.9 Å².